The van der Waals surface area contributed by atoms with E-state index in [0.717, 1.165) is 0 Å². The van der Waals surface area contributed by atoms with Crippen molar-refractivity contribution < 1.29 is 9.78 Å². The molecule has 0 N–H and O–H groups in total. The molecule has 0 saturated heterocycles. The lowest BCUT2D eigenvalue weighted by atomic mass is 9.98. The van der Waals surface area contributed by atoms with Crippen molar-refractivity contribution in [2.45, 2.75) is 41.5 Å². The average molecular weight is 174 g/mol. The minimum atomic E-state index is 0.178. The number of hydrogen-bond acceptors (Lipinski definition) is 2. The Kier molecular flexibility index (Phi) is 4.21. The Morgan fingerprint density at radius 2 is 0.917 bits per heavy atom. The Balaban J connectivity index is 3.35. The van der Waals surface area contributed by atoms with Crippen LogP contribution in [-0.4, -0.2) is 13.2 Å². The van der Waals surface area contributed by atoms with Gasteiger partial charge in [0.05, 0.1) is 13.2 Å². The fourth-order valence-electron chi connectivity index (χ4n) is 0.437. The second-order valence-electron chi connectivity index (χ2n) is 5.65. The van der Waals surface area contributed by atoms with E-state index in [2.05, 4.69) is 41.5 Å². The Morgan fingerprint density at radius 3 is 1.08 bits per heavy atom. The Labute approximate surface area is 76.2 Å². The van der Waals surface area contributed by atoms with Crippen molar-refractivity contribution in [3.8, 4) is 0 Å². The maximum absolute atomic E-state index is 5.07. The second kappa shape index (κ2) is 4.24. The van der Waals surface area contributed by atoms with Crippen LogP contribution in [0.3, 0.4) is 0 Å². The van der Waals surface area contributed by atoms with E-state index in [1.165, 1.54) is 0 Å². The zero-order valence-corrected chi connectivity index (χ0v) is 9.23. The maximum Gasteiger partial charge on any atom is 0.0870 e. The molecule has 0 rings (SSSR count). The van der Waals surface area contributed by atoms with Gasteiger partial charge in [-0.25, -0.2) is 9.78 Å². The van der Waals surface area contributed by atoms with Crippen LogP contribution >= 0.6 is 0 Å². The summed E-state index contributed by atoms with van der Waals surface area (Å²) in [6, 6.07) is 0. The lowest BCUT2D eigenvalue weighted by Gasteiger charge is -2.20. The highest BCUT2D eigenvalue weighted by Crippen LogP contribution is 2.16. The van der Waals surface area contributed by atoms with E-state index in [-0.39, 0.29) is 10.8 Å². The molecule has 0 saturated carbocycles. The summed E-state index contributed by atoms with van der Waals surface area (Å²) in [4.78, 5) is 10.1. The van der Waals surface area contributed by atoms with Crippen LogP contribution in [0.2, 0.25) is 0 Å². The summed E-state index contributed by atoms with van der Waals surface area (Å²) in [5.74, 6) is 0. The molecule has 0 bridgehead atoms. The van der Waals surface area contributed by atoms with Gasteiger partial charge in [0.15, 0.2) is 0 Å². The fraction of sp³-hybridized carbons (Fsp3) is 1.00. The number of hydrogen-bond donors (Lipinski definition) is 0. The van der Waals surface area contributed by atoms with Crippen molar-refractivity contribution in [2.75, 3.05) is 13.2 Å². The number of rotatable bonds is 3. The van der Waals surface area contributed by atoms with Crippen LogP contribution < -0.4 is 0 Å². The Morgan fingerprint density at radius 1 is 0.667 bits per heavy atom. The lowest BCUT2D eigenvalue weighted by Crippen LogP contribution is -2.19. The van der Waals surface area contributed by atoms with Crippen molar-refractivity contribution >= 4 is 0 Å². The topological polar surface area (TPSA) is 18.5 Å². The van der Waals surface area contributed by atoms with Crippen LogP contribution in [0, 0.1) is 10.8 Å². The van der Waals surface area contributed by atoms with Gasteiger partial charge in [-0.3, -0.25) is 0 Å². The monoisotopic (exact) mass is 174 g/mol. The third-order valence-electron chi connectivity index (χ3n) is 1.07. The fourth-order valence-corrected chi connectivity index (χ4v) is 0.437. The first-order chi connectivity index (χ1) is 5.21. The molecular weight excluding hydrogens is 152 g/mol. The summed E-state index contributed by atoms with van der Waals surface area (Å²) in [5, 5.41) is 0. The van der Waals surface area contributed by atoms with E-state index in [0.29, 0.717) is 13.2 Å². The van der Waals surface area contributed by atoms with E-state index >= 15 is 0 Å². The predicted molar refractivity (Wildman–Crippen MR) is 50.8 cm³/mol. The normalized spacial score (nSPS) is 13.5. The molecule has 0 aromatic carbocycles. The molecule has 0 amide bonds. The van der Waals surface area contributed by atoms with Gasteiger partial charge in [0.2, 0.25) is 0 Å². The van der Waals surface area contributed by atoms with Gasteiger partial charge in [-0.2, -0.15) is 0 Å². The molecule has 74 valence electrons. The molecule has 12 heavy (non-hydrogen) atoms. The highest BCUT2D eigenvalue weighted by molar-refractivity contribution is 4.59. The highest BCUT2D eigenvalue weighted by atomic mass is 17.2. The lowest BCUT2D eigenvalue weighted by molar-refractivity contribution is -0.318. The standard InChI is InChI=1S/C10H22O2/c1-9(2,3)7-11-12-8-10(4,5)6/h7-8H2,1-6H3. The molecule has 0 aliphatic heterocycles. The average Bonchev–Trinajstić information content (AvgIpc) is 1.76. The molecule has 0 heterocycles. The molecule has 2 nitrogen and oxygen atoms in total. The van der Waals surface area contributed by atoms with Gasteiger partial charge in [0, 0.05) is 0 Å². The van der Waals surface area contributed by atoms with E-state index in [1.54, 1.807) is 0 Å². The van der Waals surface area contributed by atoms with Crippen molar-refractivity contribution in [1.82, 2.24) is 0 Å². The van der Waals surface area contributed by atoms with Crippen molar-refractivity contribution in [1.29, 1.82) is 0 Å². The molecular formula is C10H22O2. The molecule has 0 fully saturated rings. The first kappa shape index (κ1) is 11.9. The Bertz CT molecular complexity index is 101. The Hall–Kier alpha value is -0.0800. The molecule has 0 spiro atoms. The minimum Gasteiger partial charge on any atom is -0.236 e. The third kappa shape index (κ3) is 9.92. The highest BCUT2D eigenvalue weighted by Gasteiger charge is 2.13. The summed E-state index contributed by atoms with van der Waals surface area (Å²) in [6.07, 6.45) is 0. The smallest absolute Gasteiger partial charge is 0.0870 e. The molecule has 0 aromatic rings. The zero-order valence-electron chi connectivity index (χ0n) is 9.23. The molecule has 0 unspecified atom stereocenters. The van der Waals surface area contributed by atoms with Gasteiger partial charge in [0.25, 0.3) is 0 Å². The van der Waals surface area contributed by atoms with Crippen molar-refractivity contribution in [3.63, 3.8) is 0 Å². The molecule has 0 aliphatic carbocycles. The van der Waals surface area contributed by atoms with Gasteiger partial charge in [0.1, 0.15) is 0 Å². The van der Waals surface area contributed by atoms with Crippen molar-refractivity contribution in [2.24, 2.45) is 10.8 Å². The quantitative estimate of drug-likeness (QED) is 0.372. The molecule has 0 radical (unpaired) electrons. The molecule has 2 heteroatoms. The second-order valence-corrected chi connectivity index (χ2v) is 5.65. The molecule has 0 aliphatic rings. The van der Waals surface area contributed by atoms with Crippen LogP contribution in [-0.2, 0) is 9.78 Å². The van der Waals surface area contributed by atoms with Gasteiger partial charge in [-0.1, -0.05) is 41.5 Å². The largest absolute Gasteiger partial charge is 0.236 e. The molecule has 0 atom stereocenters. The van der Waals surface area contributed by atoms with E-state index < -0.39 is 0 Å². The van der Waals surface area contributed by atoms with Crippen molar-refractivity contribution in [3.05, 3.63) is 0 Å². The first-order valence-corrected chi connectivity index (χ1v) is 4.45. The zero-order chi connectivity index (χ0) is 9.83. The van der Waals surface area contributed by atoms with Gasteiger partial charge >= 0.3 is 0 Å². The summed E-state index contributed by atoms with van der Waals surface area (Å²) >= 11 is 0. The summed E-state index contributed by atoms with van der Waals surface area (Å²) in [6.45, 7) is 14.0. The maximum atomic E-state index is 5.07. The van der Waals surface area contributed by atoms with Crippen LogP contribution in [0.5, 0.6) is 0 Å². The van der Waals surface area contributed by atoms with E-state index in [1.807, 2.05) is 0 Å². The third-order valence-corrected chi connectivity index (χ3v) is 1.07. The van der Waals surface area contributed by atoms with Crippen LogP contribution in [0.1, 0.15) is 41.5 Å². The first-order valence-electron chi connectivity index (χ1n) is 4.45. The summed E-state index contributed by atoms with van der Waals surface area (Å²) < 4.78 is 0. The van der Waals surface area contributed by atoms with Gasteiger partial charge in [-0.05, 0) is 10.8 Å². The van der Waals surface area contributed by atoms with Crippen LogP contribution in [0.25, 0.3) is 0 Å². The summed E-state index contributed by atoms with van der Waals surface area (Å²) in [5.41, 5.74) is 0.357. The molecule has 0 aromatic heterocycles. The predicted octanol–water partition coefficient (Wildman–Crippen LogP) is 3.03. The minimum absolute atomic E-state index is 0.178. The van der Waals surface area contributed by atoms with Crippen LogP contribution in [0.4, 0.5) is 0 Å². The van der Waals surface area contributed by atoms with Gasteiger partial charge in [-0.15, -0.1) is 0 Å². The van der Waals surface area contributed by atoms with Crippen LogP contribution in [0.15, 0.2) is 0 Å². The van der Waals surface area contributed by atoms with E-state index in [9.17, 15) is 0 Å². The van der Waals surface area contributed by atoms with Gasteiger partial charge < -0.3 is 0 Å². The SMILES string of the molecule is CC(C)(C)COOCC(C)(C)C. The van der Waals surface area contributed by atoms with E-state index in [4.69, 9.17) is 9.78 Å². The summed E-state index contributed by atoms with van der Waals surface area (Å²) in [7, 11) is 0.